The van der Waals surface area contributed by atoms with Crippen LogP contribution in [-0.2, 0) is 4.79 Å². The third-order valence-corrected chi connectivity index (χ3v) is 4.47. The molecule has 22 heavy (non-hydrogen) atoms. The Hall–Kier alpha value is -0.980. The van der Waals surface area contributed by atoms with Gasteiger partial charge in [-0.05, 0) is 35.2 Å². The van der Waals surface area contributed by atoms with Crippen LogP contribution in [0.15, 0.2) is 16.6 Å². The number of halogens is 2. The Bertz CT molecular complexity index is 528. The Balaban J connectivity index is 0.00000242. The molecule has 0 bridgehead atoms. The summed E-state index contributed by atoms with van der Waals surface area (Å²) in [6.45, 7) is 0. The molecule has 1 fully saturated rings. The third kappa shape index (κ3) is 4.51. The first-order valence-electron chi connectivity index (χ1n) is 7.03. The van der Waals surface area contributed by atoms with Gasteiger partial charge in [0.15, 0.2) is 11.5 Å². The molecule has 0 aromatic heterocycles. The van der Waals surface area contributed by atoms with E-state index in [1.165, 1.54) is 0 Å². The van der Waals surface area contributed by atoms with Crippen molar-refractivity contribution in [3.05, 3.63) is 16.6 Å². The number of methoxy groups -OCH3 is 2. The first-order valence-corrected chi connectivity index (χ1v) is 7.82. The van der Waals surface area contributed by atoms with Crippen molar-refractivity contribution in [1.29, 1.82) is 0 Å². The number of nitrogens with one attached hydrogen (secondary N) is 1. The van der Waals surface area contributed by atoms with E-state index in [1.54, 1.807) is 26.4 Å². The summed E-state index contributed by atoms with van der Waals surface area (Å²) in [6, 6.07) is 3.66. The average Bonchev–Trinajstić information content (AvgIpc) is 2.48. The van der Waals surface area contributed by atoms with Gasteiger partial charge in [0.2, 0.25) is 5.91 Å². The standard InChI is InChI=1S/C15H21BrN2O3.ClH/c1-20-13-7-11(16)12(8-14(13)21-2)18-15(19)9-4-3-5-10(17)6-9;/h7-10H,3-6,17H2,1-2H3,(H,18,19);1H. The monoisotopic (exact) mass is 392 g/mol. The summed E-state index contributed by atoms with van der Waals surface area (Å²) in [6.07, 6.45) is 3.65. The number of carbonyl (C=O) groups is 1. The zero-order valence-corrected chi connectivity index (χ0v) is 15.1. The maximum atomic E-state index is 12.4. The molecule has 1 amide bonds. The minimum atomic E-state index is -0.0197. The van der Waals surface area contributed by atoms with E-state index < -0.39 is 0 Å². The van der Waals surface area contributed by atoms with Gasteiger partial charge in [0.25, 0.3) is 0 Å². The summed E-state index contributed by atoms with van der Waals surface area (Å²) in [5.74, 6) is 1.19. The summed E-state index contributed by atoms with van der Waals surface area (Å²) in [5.41, 5.74) is 6.62. The fraction of sp³-hybridized carbons (Fsp3) is 0.533. The van der Waals surface area contributed by atoms with Gasteiger partial charge < -0.3 is 20.5 Å². The first-order chi connectivity index (χ1) is 10.0. The van der Waals surface area contributed by atoms with Crippen LogP contribution < -0.4 is 20.5 Å². The number of benzene rings is 1. The SMILES string of the molecule is COc1cc(Br)c(NC(=O)C2CCCC(N)C2)cc1OC.Cl. The highest BCUT2D eigenvalue weighted by Gasteiger charge is 2.26. The number of amides is 1. The second-order valence-electron chi connectivity index (χ2n) is 5.30. The van der Waals surface area contributed by atoms with Crippen LogP contribution in [0.25, 0.3) is 0 Å². The van der Waals surface area contributed by atoms with E-state index in [0.717, 1.165) is 30.2 Å². The van der Waals surface area contributed by atoms with Crippen molar-refractivity contribution in [2.75, 3.05) is 19.5 Å². The molecule has 3 N–H and O–H groups in total. The molecule has 2 rings (SSSR count). The zero-order valence-electron chi connectivity index (χ0n) is 12.7. The van der Waals surface area contributed by atoms with Gasteiger partial charge >= 0.3 is 0 Å². The van der Waals surface area contributed by atoms with Crippen LogP contribution in [0.5, 0.6) is 11.5 Å². The maximum Gasteiger partial charge on any atom is 0.227 e. The van der Waals surface area contributed by atoms with Crippen molar-refractivity contribution in [3.63, 3.8) is 0 Å². The van der Waals surface area contributed by atoms with Crippen LogP contribution in [0.2, 0.25) is 0 Å². The summed E-state index contributed by atoms with van der Waals surface area (Å²) in [4.78, 5) is 12.4. The van der Waals surface area contributed by atoms with Crippen molar-refractivity contribution in [3.8, 4) is 11.5 Å². The van der Waals surface area contributed by atoms with Crippen molar-refractivity contribution in [2.24, 2.45) is 11.7 Å². The second kappa shape index (κ2) is 8.60. The lowest BCUT2D eigenvalue weighted by Crippen LogP contribution is -2.34. The lowest BCUT2D eigenvalue weighted by Gasteiger charge is -2.26. The number of rotatable bonds is 4. The van der Waals surface area contributed by atoms with Crippen LogP contribution >= 0.6 is 28.3 Å². The van der Waals surface area contributed by atoms with Crippen LogP contribution in [0.3, 0.4) is 0 Å². The Morgan fingerprint density at radius 2 is 1.91 bits per heavy atom. The lowest BCUT2D eigenvalue weighted by molar-refractivity contribution is -0.120. The summed E-state index contributed by atoms with van der Waals surface area (Å²) < 4.78 is 11.2. The van der Waals surface area contributed by atoms with Crippen molar-refractivity contribution in [1.82, 2.24) is 0 Å². The molecule has 0 aliphatic heterocycles. The van der Waals surface area contributed by atoms with E-state index in [0.29, 0.717) is 17.2 Å². The molecule has 0 heterocycles. The van der Waals surface area contributed by atoms with E-state index >= 15 is 0 Å². The quantitative estimate of drug-likeness (QED) is 0.823. The molecule has 1 aliphatic carbocycles. The molecule has 1 saturated carbocycles. The third-order valence-electron chi connectivity index (χ3n) is 3.82. The van der Waals surface area contributed by atoms with Crippen LogP contribution in [0, 0.1) is 5.92 Å². The highest BCUT2D eigenvalue weighted by molar-refractivity contribution is 9.10. The van der Waals surface area contributed by atoms with Crippen LogP contribution in [0.1, 0.15) is 25.7 Å². The van der Waals surface area contributed by atoms with Crippen LogP contribution in [0.4, 0.5) is 5.69 Å². The molecule has 1 aromatic carbocycles. The van der Waals surface area contributed by atoms with Gasteiger partial charge in [-0.1, -0.05) is 6.42 Å². The fourth-order valence-corrected chi connectivity index (χ4v) is 3.07. The van der Waals surface area contributed by atoms with Crippen molar-refractivity contribution < 1.29 is 14.3 Å². The molecule has 7 heteroatoms. The minimum absolute atomic E-state index is 0. The Morgan fingerprint density at radius 1 is 1.27 bits per heavy atom. The molecule has 124 valence electrons. The fourth-order valence-electron chi connectivity index (χ4n) is 2.65. The number of anilines is 1. The number of carbonyl (C=O) groups excluding carboxylic acids is 1. The first kappa shape index (κ1) is 19.1. The number of hydrogen-bond donors (Lipinski definition) is 2. The van der Waals surface area contributed by atoms with Gasteiger partial charge in [-0.2, -0.15) is 0 Å². The summed E-state index contributed by atoms with van der Waals surface area (Å²) in [7, 11) is 3.14. The molecule has 1 aliphatic rings. The van der Waals surface area contributed by atoms with E-state index in [2.05, 4.69) is 21.2 Å². The normalized spacial score (nSPS) is 20.7. The maximum absolute atomic E-state index is 12.4. The zero-order chi connectivity index (χ0) is 15.4. The predicted octanol–water partition coefficient (Wildman–Crippen LogP) is 3.34. The molecule has 0 radical (unpaired) electrons. The number of hydrogen-bond acceptors (Lipinski definition) is 4. The minimum Gasteiger partial charge on any atom is -0.493 e. The molecule has 2 atom stereocenters. The second-order valence-corrected chi connectivity index (χ2v) is 6.15. The average molecular weight is 394 g/mol. The predicted molar refractivity (Wildman–Crippen MR) is 93.1 cm³/mol. The van der Waals surface area contributed by atoms with Gasteiger partial charge in [-0.25, -0.2) is 0 Å². The Morgan fingerprint density at radius 3 is 2.50 bits per heavy atom. The van der Waals surface area contributed by atoms with Crippen molar-refractivity contribution >= 4 is 39.9 Å². The Labute approximate surface area is 145 Å². The van der Waals surface area contributed by atoms with Gasteiger partial charge in [-0.15, -0.1) is 12.4 Å². The van der Waals surface area contributed by atoms with Crippen LogP contribution in [-0.4, -0.2) is 26.2 Å². The number of ether oxygens (including phenoxy) is 2. The van der Waals surface area contributed by atoms with E-state index in [1.807, 2.05) is 0 Å². The largest absolute Gasteiger partial charge is 0.493 e. The number of nitrogens with two attached hydrogens (primary N) is 1. The molecular weight excluding hydrogens is 372 g/mol. The van der Waals surface area contributed by atoms with Gasteiger partial charge in [0.05, 0.1) is 19.9 Å². The highest BCUT2D eigenvalue weighted by atomic mass is 79.9. The van der Waals surface area contributed by atoms with Gasteiger partial charge in [-0.3, -0.25) is 4.79 Å². The molecule has 0 saturated heterocycles. The van der Waals surface area contributed by atoms with E-state index in [-0.39, 0.29) is 30.3 Å². The van der Waals surface area contributed by atoms with Gasteiger partial charge in [0.1, 0.15) is 0 Å². The summed E-state index contributed by atoms with van der Waals surface area (Å²) >= 11 is 3.44. The topological polar surface area (TPSA) is 73.6 Å². The van der Waals surface area contributed by atoms with Gasteiger partial charge in [0, 0.05) is 28.6 Å². The Kier molecular flexibility index (Phi) is 7.45. The molecule has 1 aromatic rings. The smallest absolute Gasteiger partial charge is 0.227 e. The van der Waals surface area contributed by atoms with E-state index in [4.69, 9.17) is 15.2 Å². The molecular formula is C15H22BrClN2O3. The molecule has 0 spiro atoms. The molecule has 2 unspecified atom stereocenters. The molecule has 5 nitrogen and oxygen atoms in total. The summed E-state index contributed by atoms with van der Waals surface area (Å²) in [5, 5.41) is 2.95. The van der Waals surface area contributed by atoms with E-state index in [9.17, 15) is 4.79 Å². The lowest BCUT2D eigenvalue weighted by atomic mass is 9.85. The van der Waals surface area contributed by atoms with Crippen molar-refractivity contribution in [2.45, 2.75) is 31.7 Å². The highest BCUT2D eigenvalue weighted by Crippen LogP contribution is 2.36.